The fraction of sp³-hybridized carbons (Fsp3) is 0.474. The molecule has 2 aliphatic heterocycles. The average Bonchev–Trinajstić information content (AvgIpc) is 2.84. The van der Waals surface area contributed by atoms with Crippen LogP contribution in [0.4, 0.5) is 5.69 Å². The van der Waals surface area contributed by atoms with Gasteiger partial charge in [0.15, 0.2) is 0 Å². The van der Waals surface area contributed by atoms with Crippen molar-refractivity contribution in [3.63, 3.8) is 0 Å². The normalized spacial score (nSPS) is 20.0. The van der Waals surface area contributed by atoms with Gasteiger partial charge in [0.25, 0.3) is 5.91 Å². The quantitative estimate of drug-likeness (QED) is 0.790. The van der Waals surface area contributed by atoms with E-state index >= 15 is 0 Å². The lowest BCUT2D eigenvalue weighted by atomic mass is 9.83. The second kappa shape index (κ2) is 7.09. The Labute approximate surface area is 159 Å². The van der Waals surface area contributed by atoms with Crippen molar-refractivity contribution in [3.8, 4) is 0 Å². The van der Waals surface area contributed by atoms with Crippen molar-refractivity contribution in [2.24, 2.45) is 0 Å². The summed E-state index contributed by atoms with van der Waals surface area (Å²) in [7, 11) is -3.32. The van der Waals surface area contributed by atoms with Gasteiger partial charge in [-0.25, -0.2) is 17.5 Å². The van der Waals surface area contributed by atoms with Gasteiger partial charge in [0.2, 0.25) is 10.0 Å². The first-order valence-electron chi connectivity index (χ1n) is 8.96. The van der Waals surface area contributed by atoms with Crippen LogP contribution < -0.4 is 5.32 Å². The summed E-state index contributed by atoms with van der Waals surface area (Å²) in [4.78, 5) is 25.2. The van der Waals surface area contributed by atoms with Crippen LogP contribution in [0.2, 0.25) is 0 Å². The van der Waals surface area contributed by atoms with Gasteiger partial charge in [0, 0.05) is 37.2 Å². The van der Waals surface area contributed by atoms with Gasteiger partial charge in [0.1, 0.15) is 5.60 Å². The number of benzene rings is 1. The van der Waals surface area contributed by atoms with Crippen molar-refractivity contribution in [1.82, 2.24) is 4.31 Å². The van der Waals surface area contributed by atoms with Crippen molar-refractivity contribution >= 4 is 27.6 Å². The molecule has 146 valence electrons. The van der Waals surface area contributed by atoms with Crippen LogP contribution in [0.3, 0.4) is 0 Å². The number of anilines is 1. The van der Waals surface area contributed by atoms with Crippen LogP contribution in [-0.4, -0.2) is 49.5 Å². The van der Waals surface area contributed by atoms with E-state index in [4.69, 9.17) is 4.74 Å². The first-order valence-corrected chi connectivity index (χ1v) is 10.8. The molecule has 3 rings (SSSR count). The molecule has 8 heteroatoms. The largest absolute Gasteiger partial charge is 0.450 e. The molecule has 0 atom stereocenters. The molecule has 1 aromatic rings. The minimum Gasteiger partial charge on any atom is -0.450 e. The minimum absolute atomic E-state index is 0.210. The van der Waals surface area contributed by atoms with Gasteiger partial charge in [-0.05, 0) is 31.0 Å². The molecule has 1 saturated heterocycles. The Kier molecular flexibility index (Phi) is 5.14. The van der Waals surface area contributed by atoms with Gasteiger partial charge < -0.3 is 10.1 Å². The Morgan fingerprint density at radius 2 is 1.96 bits per heavy atom. The molecule has 1 spiro atoms. The molecule has 2 aliphatic rings. The predicted octanol–water partition coefficient (Wildman–Crippen LogP) is 1.85. The van der Waals surface area contributed by atoms with E-state index in [0.29, 0.717) is 11.3 Å². The summed E-state index contributed by atoms with van der Waals surface area (Å²) in [5.74, 6) is -0.894. The third kappa shape index (κ3) is 3.77. The molecule has 0 unspecified atom stereocenters. The topological polar surface area (TPSA) is 92.8 Å². The lowest BCUT2D eigenvalue weighted by Crippen LogP contribution is -2.49. The maximum absolute atomic E-state index is 13.0. The summed E-state index contributed by atoms with van der Waals surface area (Å²) >= 11 is 0. The lowest BCUT2D eigenvalue weighted by Gasteiger charge is -2.38. The second-order valence-electron chi connectivity index (χ2n) is 7.05. The maximum atomic E-state index is 13.0. The molecule has 7 nitrogen and oxygen atoms in total. The summed E-state index contributed by atoms with van der Waals surface area (Å²) in [6.45, 7) is 4.03. The molecule has 0 saturated carbocycles. The summed E-state index contributed by atoms with van der Waals surface area (Å²) in [5.41, 5.74) is 1.28. The number of nitrogens with zero attached hydrogens (tertiary/aromatic N) is 1. The summed E-state index contributed by atoms with van der Waals surface area (Å²) < 4.78 is 30.5. The van der Waals surface area contributed by atoms with Crippen molar-refractivity contribution < 1.29 is 22.7 Å². The molecule has 2 heterocycles. The molecule has 1 amide bonds. The molecule has 0 radical (unpaired) electrons. The van der Waals surface area contributed by atoms with Crippen molar-refractivity contribution in [3.05, 3.63) is 41.0 Å². The SMILES string of the molecule is CCc1cccc(NC(=O)C2=C(C)C(=O)OC23CCN(S(C)(=O)=O)CC3)c1. The minimum atomic E-state index is -3.32. The van der Waals surface area contributed by atoms with Crippen molar-refractivity contribution in [1.29, 1.82) is 0 Å². The highest BCUT2D eigenvalue weighted by molar-refractivity contribution is 7.88. The van der Waals surface area contributed by atoms with Gasteiger partial charge in [-0.1, -0.05) is 19.1 Å². The molecule has 0 aliphatic carbocycles. The number of esters is 1. The third-order valence-corrected chi connectivity index (χ3v) is 6.55. The van der Waals surface area contributed by atoms with Crippen molar-refractivity contribution in [2.45, 2.75) is 38.7 Å². The second-order valence-corrected chi connectivity index (χ2v) is 9.04. The first kappa shape index (κ1) is 19.6. The Morgan fingerprint density at radius 1 is 1.30 bits per heavy atom. The molecule has 1 fully saturated rings. The lowest BCUT2D eigenvalue weighted by molar-refractivity contribution is -0.149. The van der Waals surface area contributed by atoms with Crippen LogP contribution in [0.15, 0.2) is 35.4 Å². The molecule has 0 bridgehead atoms. The van der Waals surface area contributed by atoms with Crippen molar-refractivity contribution in [2.75, 3.05) is 24.7 Å². The van der Waals surface area contributed by atoms with E-state index in [9.17, 15) is 18.0 Å². The van der Waals surface area contributed by atoms with Crippen LogP contribution >= 0.6 is 0 Å². The van der Waals surface area contributed by atoms with Crippen LogP contribution in [0.5, 0.6) is 0 Å². The monoisotopic (exact) mass is 392 g/mol. The van der Waals surface area contributed by atoms with Gasteiger partial charge in [-0.15, -0.1) is 0 Å². The number of amides is 1. The van der Waals surface area contributed by atoms with Crippen LogP contribution in [0.1, 0.15) is 32.3 Å². The van der Waals surface area contributed by atoms with Gasteiger partial charge in [-0.3, -0.25) is 4.79 Å². The fourth-order valence-corrected chi connectivity index (χ4v) is 4.57. The number of carbonyl (C=O) groups is 2. The highest BCUT2D eigenvalue weighted by Crippen LogP contribution is 2.41. The van der Waals surface area contributed by atoms with E-state index in [2.05, 4.69) is 5.32 Å². The first-order chi connectivity index (χ1) is 12.7. The molecular weight excluding hydrogens is 368 g/mol. The Bertz CT molecular complexity index is 912. The fourth-order valence-electron chi connectivity index (χ4n) is 3.72. The zero-order chi connectivity index (χ0) is 19.8. The number of hydrogen-bond donors (Lipinski definition) is 1. The van der Waals surface area contributed by atoms with Crippen LogP contribution in [-0.2, 0) is 30.8 Å². The highest BCUT2D eigenvalue weighted by atomic mass is 32.2. The number of ether oxygens (including phenoxy) is 1. The predicted molar refractivity (Wildman–Crippen MR) is 102 cm³/mol. The van der Waals surface area contributed by atoms with Gasteiger partial charge >= 0.3 is 5.97 Å². The summed E-state index contributed by atoms with van der Waals surface area (Å²) in [6, 6.07) is 7.53. The summed E-state index contributed by atoms with van der Waals surface area (Å²) in [6.07, 6.45) is 2.53. The van der Waals surface area contributed by atoms with E-state index in [1.807, 2.05) is 25.1 Å². The number of hydrogen-bond acceptors (Lipinski definition) is 5. The van der Waals surface area contributed by atoms with E-state index in [1.165, 1.54) is 4.31 Å². The molecule has 1 N–H and O–H groups in total. The number of sulfonamides is 1. The van der Waals surface area contributed by atoms with E-state index < -0.39 is 21.6 Å². The van der Waals surface area contributed by atoms with E-state index in [0.717, 1.165) is 18.2 Å². The average molecular weight is 392 g/mol. The molecule has 0 aromatic heterocycles. The standard InChI is InChI=1S/C19H24N2O5S/c1-4-14-6-5-7-15(12-14)20-17(22)16-13(2)18(23)26-19(16)8-10-21(11-9-19)27(3,24)25/h5-7,12H,4,8-11H2,1-3H3,(H,20,22). The van der Waals surface area contributed by atoms with Gasteiger partial charge in [0.05, 0.1) is 11.8 Å². The van der Waals surface area contributed by atoms with Gasteiger partial charge in [-0.2, -0.15) is 0 Å². The molecular formula is C19H24N2O5S. The number of aryl methyl sites for hydroxylation is 1. The zero-order valence-electron chi connectivity index (χ0n) is 15.7. The Hall–Kier alpha value is -2.19. The summed E-state index contributed by atoms with van der Waals surface area (Å²) in [5, 5.41) is 2.86. The highest BCUT2D eigenvalue weighted by Gasteiger charge is 2.51. The van der Waals surface area contributed by atoms with E-state index in [1.54, 1.807) is 13.0 Å². The Balaban J connectivity index is 1.85. The zero-order valence-corrected chi connectivity index (χ0v) is 16.6. The third-order valence-electron chi connectivity index (χ3n) is 5.24. The molecule has 1 aromatic carbocycles. The Morgan fingerprint density at radius 3 is 2.56 bits per heavy atom. The number of rotatable bonds is 4. The number of piperidine rings is 1. The van der Waals surface area contributed by atoms with Crippen LogP contribution in [0.25, 0.3) is 0 Å². The van der Waals surface area contributed by atoms with Crippen LogP contribution in [0, 0.1) is 0 Å². The number of nitrogens with one attached hydrogen (secondary N) is 1. The smallest absolute Gasteiger partial charge is 0.335 e. The van der Waals surface area contributed by atoms with E-state index in [-0.39, 0.29) is 37.4 Å². The number of carbonyl (C=O) groups excluding carboxylic acids is 2. The maximum Gasteiger partial charge on any atom is 0.335 e. The molecule has 27 heavy (non-hydrogen) atoms.